The van der Waals surface area contributed by atoms with Gasteiger partial charge in [0.1, 0.15) is 6.61 Å². The van der Waals surface area contributed by atoms with Crippen molar-refractivity contribution in [1.82, 2.24) is 10.3 Å². The molecule has 0 saturated heterocycles. The lowest BCUT2D eigenvalue weighted by Crippen LogP contribution is -2.41. The Morgan fingerprint density at radius 3 is 2.67 bits per heavy atom. The normalized spacial score (nSPS) is 11.8. The average molecular weight is 460 g/mol. The average Bonchev–Trinajstić information content (AvgIpc) is 2.54. The van der Waals surface area contributed by atoms with E-state index in [0.717, 1.165) is 10.0 Å². The lowest BCUT2D eigenvalue weighted by atomic mass is 10.2. The predicted octanol–water partition coefficient (Wildman–Crippen LogP) is 3.84. The zero-order valence-electron chi connectivity index (χ0n) is 12.6. The van der Waals surface area contributed by atoms with Crippen LogP contribution in [-0.4, -0.2) is 35.4 Å². The Kier molecular flexibility index (Phi) is 7.48. The van der Waals surface area contributed by atoms with Gasteiger partial charge in [0, 0.05) is 10.7 Å². The van der Waals surface area contributed by atoms with Crippen molar-refractivity contribution in [3.63, 3.8) is 0 Å². The standard InChI is InChI=1S/C16H16Br2N2O4/c17-12-6-14(18)15(19-7-12)24-10-13(20-16(21)22)9-23-8-11-4-2-1-3-5-11/h1-7,13,20H,8-10H2,(H,21,22)/t13-/m0/s1. The smallest absolute Gasteiger partial charge is 0.405 e. The first-order valence-corrected chi connectivity index (χ1v) is 8.68. The number of benzene rings is 1. The maximum Gasteiger partial charge on any atom is 0.405 e. The first-order chi connectivity index (χ1) is 11.5. The van der Waals surface area contributed by atoms with Crippen LogP contribution in [0.5, 0.6) is 5.88 Å². The van der Waals surface area contributed by atoms with Crippen LogP contribution in [0.4, 0.5) is 4.79 Å². The van der Waals surface area contributed by atoms with Crippen molar-refractivity contribution in [2.75, 3.05) is 13.2 Å². The highest BCUT2D eigenvalue weighted by molar-refractivity contribution is 9.11. The van der Waals surface area contributed by atoms with E-state index >= 15 is 0 Å². The van der Waals surface area contributed by atoms with E-state index < -0.39 is 12.1 Å². The largest absolute Gasteiger partial charge is 0.475 e. The first kappa shape index (κ1) is 18.7. The van der Waals surface area contributed by atoms with E-state index in [-0.39, 0.29) is 13.2 Å². The second kappa shape index (κ2) is 9.61. The van der Waals surface area contributed by atoms with Gasteiger partial charge in [0.15, 0.2) is 0 Å². The quantitative estimate of drug-likeness (QED) is 0.626. The Labute approximate surface area is 156 Å². The zero-order chi connectivity index (χ0) is 17.4. The highest BCUT2D eigenvalue weighted by Crippen LogP contribution is 2.25. The second-order valence-electron chi connectivity index (χ2n) is 4.90. The monoisotopic (exact) mass is 458 g/mol. The molecular formula is C16H16Br2N2O4. The SMILES string of the molecule is O=C(O)N[C@@H](COCc1ccccc1)COc1ncc(Br)cc1Br. The number of nitrogens with zero attached hydrogens (tertiary/aromatic N) is 1. The van der Waals surface area contributed by atoms with E-state index in [4.69, 9.17) is 14.6 Å². The van der Waals surface area contributed by atoms with Crippen LogP contribution < -0.4 is 10.1 Å². The van der Waals surface area contributed by atoms with Gasteiger partial charge in [-0.15, -0.1) is 0 Å². The summed E-state index contributed by atoms with van der Waals surface area (Å²) in [4.78, 5) is 15.0. The molecule has 0 bridgehead atoms. The maximum atomic E-state index is 10.9. The van der Waals surface area contributed by atoms with Crippen LogP contribution >= 0.6 is 31.9 Å². The van der Waals surface area contributed by atoms with Crippen LogP contribution in [0, 0.1) is 0 Å². The van der Waals surface area contributed by atoms with Gasteiger partial charge in [-0.05, 0) is 43.5 Å². The van der Waals surface area contributed by atoms with Crippen LogP contribution in [0.1, 0.15) is 5.56 Å². The Morgan fingerprint density at radius 1 is 1.25 bits per heavy atom. The molecule has 1 atom stereocenters. The van der Waals surface area contributed by atoms with Crippen LogP contribution in [0.3, 0.4) is 0 Å². The number of carbonyl (C=O) groups is 1. The second-order valence-corrected chi connectivity index (χ2v) is 6.67. The lowest BCUT2D eigenvalue weighted by Gasteiger charge is -2.18. The molecule has 2 N–H and O–H groups in total. The van der Waals surface area contributed by atoms with E-state index in [2.05, 4.69) is 42.2 Å². The van der Waals surface area contributed by atoms with Crippen LogP contribution in [0.2, 0.25) is 0 Å². The fraction of sp³-hybridized carbons (Fsp3) is 0.250. The third-order valence-corrected chi connectivity index (χ3v) is 3.96. The summed E-state index contributed by atoms with van der Waals surface area (Å²) >= 11 is 6.65. The zero-order valence-corrected chi connectivity index (χ0v) is 15.8. The van der Waals surface area contributed by atoms with E-state index in [1.165, 1.54) is 0 Å². The van der Waals surface area contributed by atoms with Crippen molar-refractivity contribution in [2.24, 2.45) is 0 Å². The van der Waals surface area contributed by atoms with Gasteiger partial charge < -0.3 is 19.9 Å². The highest BCUT2D eigenvalue weighted by Gasteiger charge is 2.14. The van der Waals surface area contributed by atoms with Crippen LogP contribution in [0.15, 0.2) is 51.5 Å². The molecule has 0 aliphatic rings. The molecule has 128 valence electrons. The summed E-state index contributed by atoms with van der Waals surface area (Å²) in [5, 5.41) is 11.3. The summed E-state index contributed by atoms with van der Waals surface area (Å²) < 4.78 is 12.6. The van der Waals surface area contributed by atoms with Gasteiger partial charge in [-0.1, -0.05) is 30.3 Å². The maximum absolute atomic E-state index is 10.9. The summed E-state index contributed by atoms with van der Waals surface area (Å²) in [5.74, 6) is 0.387. The van der Waals surface area contributed by atoms with Crippen LogP contribution in [0.25, 0.3) is 0 Å². The molecule has 2 rings (SSSR count). The first-order valence-electron chi connectivity index (χ1n) is 7.09. The van der Waals surface area contributed by atoms with E-state index in [1.54, 1.807) is 12.3 Å². The lowest BCUT2D eigenvalue weighted by molar-refractivity contribution is 0.0800. The topological polar surface area (TPSA) is 80.7 Å². The number of aromatic nitrogens is 1. The highest BCUT2D eigenvalue weighted by atomic mass is 79.9. The molecule has 1 aromatic carbocycles. The predicted molar refractivity (Wildman–Crippen MR) is 96.2 cm³/mol. The fourth-order valence-electron chi connectivity index (χ4n) is 1.89. The Bertz CT molecular complexity index is 670. The molecule has 0 aliphatic carbocycles. The molecule has 24 heavy (non-hydrogen) atoms. The van der Waals surface area contributed by atoms with Gasteiger partial charge in [0.2, 0.25) is 5.88 Å². The molecule has 0 unspecified atom stereocenters. The number of halogens is 2. The minimum Gasteiger partial charge on any atom is -0.475 e. The number of carboxylic acid groups (broad SMARTS) is 1. The van der Waals surface area contributed by atoms with E-state index in [1.807, 2.05) is 30.3 Å². The summed E-state index contributed by atoms with van der Waals surface area (Å²) in [6, 6.07) is 10.9. The van der Waals surface area contributed by atoms with Crippen molar-refractivity contribution in [3.8, 4) is 5.88 Å². The van der Waals surface area contributed by atoms with E-state index in [9.17, 15) is 4.79 Å². The van der Waals surface area contributed by atoms with Crippen molar-refractivity contribution < 1.29 is 19.4 Å². The van der Waals surface area contributed by atoms with Gasteiger partial charge in [0.25, 0.3) is 0 Å². The number of nitrogens with one attached hydrogen (secondary N) is 1. The molecule has 0 radical (unpaired) electrons. The molecule has 0 spiro atoms. The summed E-state index contributed by atoms with van der Waals surface area (Å²) in [6.07, 6.45) is 0.473. The molecule has 6 nitrogen and oxygen atoms in total. The minimum atomic E-state index is -1.13. The molecule has 1 aromatic heterocycles. The summed E-state index contributed by atoms with van der Waals surface area (Å²) in [6.45, 7) is 0.697. The van der Waals surface area contributed by atoms with Gasteiger partial charge in [-0.3, -0.25) is 0 Å². The fourth-order valence-corrected chi connectivity index (χ4v) is 2.99. The number of pyridine rings is 1. The third kappa shape index (κ3) is 6.46. The number of hydrogen-bond donors (Lipinski definition) is 2. The van der Waals surface area contributed by atoms with Crippen molar-refractivity contribution in [1.29, 1.82) is 0 Å². The summed E-state index contributed by atoms with van der Waals surface area (Å²) in [7, 11) is 0. The van der Waals surface area contributed by atoms with Crippen molar-refractivity contribution >= 4 is 38.0 Å². The Morgan fingerprint density at radius 2 is 2.00 bits per heavy atom. The third-order valence-electron chi connectivity index (χ3n) is 2.95. The molecule has 0 aliphatic heterocycles. The van der Waals surface area contributed by atoms with Gasteiger partial charge >= 0.3 is 6.09 Å². The number of hydrogen-bond acceptors (Lipinski definition) is 4. The van der Waals surface area contributed by atoms with Gasteiger partial charge in [-0.2, -0.15) is 0 Å². The summed E-state index contributed by atoms with van der Waals surface area (Å²) in [5.41, 5.74) is 1.02. The van der Waals surface area contributed by atoms with Crippen molar-refractivity contribution in [2.45, 2.75) is 12.6 Å². The van der Waals surface area contributed by atoms with Crippen LogP contribution in [-0.2, 0) is 11.3 Å². The molecular weight excluding hydrogens is 444 g/mol. The van der Waals surface area contributed by atoms with E-state index in [0.29, 0.717) is 17.0 Å². The Balaban J connectivity index is 1.86. The minimum absolute atomic E-state index is 0.105. The number of amides is 1. The van der Waals surface area contributed by atoms with Gasteiger partial charge in [-0.25, -0.2) is 9.78 Å². The molecule has 1 heterocycles. The molecule has 2 aromatic rings. The van der Waals surface area contributed by atoms with Crippen molar-refractivity contribution in [3.05, 3.63) is 57.1 Å². The number of rotatable bonds is 8. The molecule has 0 saturated carbocycles. The van der Waals surface area contributed by atoms with Gasteiger partial charge in [0.05, 0.1) is 23.7 Å². The Hall–Kier alpha value is -1.64. The number of ether oxygens (including phenoxy) is 2. The molecule has 0 fully saturated rings. The molecule has 1 amide bonds. The molecule has 8 heteroatoms.